The summed E-state index contributed by atoms with van der Waals surface area (Å²) >= 11 is 0. The first-order valence-corrected chi connectivity index (χ1v) is 21.2. The third-order valence-corrected chi connectivity index (χ3v) is 13.9. The van der Waals surface area contributed by atoms with Crippen molar-refractivity contribution in [2.45, 2.75) is 68.0 Å². The molecule has 2 aromatic heterocycles. The van der Waals surface area contributed by atoms with Gasteiger partial charge in [-0.3, -0.25) is 19.7 Å². The fourth-order valence-corrected chi connectivity index (χ4v) is 10.2. The number of likely N-dealkylation sites (tertiary alicyclic amines) is 1. The maximum atomic E-state index is 16.1. The van der Waals surface area contributed by atoms with E-state index in [1.54, 1.807) is 25.2 Å². The van der Waals surface area contributed by atoms with Gasteiger partial charge in [-0.2, -0.15) is 22.6 Å². The number of halogens is 4. The van der Waals surface area contributed by atoms with E-state index in [0.717, 1.165) is 76.5 Å². The molecule has 14 nitrogen and oxygen atoms in total. The van der Waals surface area contributed by atoms with Crippen LogP contribution >= 0.6 is 0 Å². The highest BCUT2D eigenvalue weighted by Crippen LogP contribution is 2.37. The summed E-state index contributed by atoms with van der Waals surface area (Å²) in [6.45, 7) is 4.99. The standard InChI is InChI=1S/C39H46F4N10O4S/c1-49-35-32(36(48-49)53-20-13-33(54)47-38(53)55)6-5-31(34(35)40)26-9-14-50(15-10-26)24-25-7-16-51(17-8-25)29-3-2-4-30(21-29)58(56,57)52-18-11-28(12-19-52)46-37-44-22-27(23-45-37)39(41,42)43/h2-6,21-23,25-26,28H,7-20,24H2,1H3,(H,44,45,46)(H,47,54,55). The van der Waals surface area contributed by atoms with E-state index in [0.29, 0.717) is 41.0 Å². The summed E-state index contributed by atoms with van der Waals surface area (Å²) in [6, 6.07) is 10.0. The Hall–Kier alpha value is -4.88. The topological polar surface area (TPSA) is 149 Å². The van der Waals surface area contributed by atoms with Gasteiger partial charge in [0.25, 0.3) is 0 Å². The minimum Gasteiger partial charge on any atom is -0.371 e. The van der Waals surface area contributed by atoms with E-state index in [9.17, 15) is 31.2 Å². The van der Waals surface area contributed by atoms with E-state index in [1.165, 1.54) is 13.9 Å². The molecule has 4 fully saturated rings. The Labute approximate surface area is 333 Å². The Morgan fingerprint density at radius 3 is 2.28 bits per heavy atom. The predicted octanol–water partition coefficient (Wildman–Crippen LogP) is 5.33. The van der Waals surface area contributed by atoms with Gasteiger partial charge in [-0.15, -0.1) is 0 Å². The number of rotatable bonds is 9. The maximum Gasteiger partial charge on any atom is 0.419 e. The fraction of sp³-hybridized carbons (Fsp3) is 0.513. The number of benzene rings is 2. The molecule has 4 aromatic rings. The lowest BCUT2D eigenvalue weighted by molar-refractivity contribution is -0.138. The molecule has 6 heterocycles. The van der Waals surface area contributed by atoms with Crippen LogP contribution in [-0.2, 0) is 28.0 Å². The van der Waals surface area contributed by atoms with Gasteiger partial charge in [-0.05, 0) is 93.3 Å². The van der Waals surface area contributed by atoms with E-state index in [2.05, 4.69) is 35.5 Å². The summed E-state index contributed by atoms with van der Waals surface area (Å²) in [7, 11) is -2.09. The number of carbonyl (C=O) groups is 2. The molecule has 2 aromatic carbocycles. The van der Waals surface area contributed by atoms with Crippen molar-refractivity contribution in [3.05, 3.63) is 65.7 Å². The second-order valence-electron chi connectivity index (χ2n) is 15.7. The number of nitrogens with one attached hydrogen (secondary N) is 2. The molecule has 3 amide bonds. The molecule has 2 N–H and O–H groups in total. The molecule has 0 unspecified atom stereocenters. The second kappa shape index (κ2) is 16.1. The second-order valence-corrected chi connectivity index (χ2v) is 17.6. The van der Waals surface area contributed by atoms with Crippen LogP contribution in [-0.4, -0.2) is 108 Å². The maximum absolute atomic E-state index is 16.1. The van der Waals surface area contributed by atoms with Crippen LogP contribution in [0.3, 0.4) is 0 Å². The smallest absolute Gasteiger partial charge is 0.371 e. The summed E-state index contributed by atoms with van der Waals surface area (Å²) in [5.74, 6) is 0.310. The highest BCUT2D eigenvalue weighted by molar-refractivity contribution is 7.89. The molecule has 8 rings (SSSR count). The Bertz CT molecular complexity index is 2270. The van der Waals surface area contributed by atoms with Crippen LogP contribution in [0.15, 0.2) is 53.7 Å². The van der Waals surface area contributed by atoms with Crippen molar-refractivity contribution in [3.8, 4) is 0 Å². The first kappa shape index (κ1) is 39.9. The first-order chi connectivity index (χ1) is 27.7. The molecule has 0 aliphatic carbocycles. The largest absolute Gasteiger partial charge is 0.419 e. The van der Waals surface area contributed by atoms with Gasteiger partial charge in [0, 0.05) is 82.2 Å². The van der Waals surface area contributed by atoms with Crippen molar-refractivity contribution in [1.82, 2.24) is 34.3 Å². The molecular formula is C39H46F4N10O4S. The number of alkyl halides is 3. The van der Waals surface area contributed by atoms with Gasteiger partial charge in [0.15, 0.2) is 11.6 Å². The van der Waals surface area contributed by atoms with E-state index in [1.807, 2.05) is 18.2 Å². The molecule has 0 bridgehead atoms. The third kappa shape index (κ3) is 8.20. The number of carbonyl (C=O) groups excluding carboxylic acids is 2. The first-order valence-electron chi connectivity index (χ1n) is 19.7. The molecule has 0 radical (unpaired) electrons. The normalized spacial score (nSPS) is 20.2. The van der Waals surface area contributed by atoms with Crippen molar-refractivity contribution in [1.29, 1.82) is 0 Å². The zero-order valence-electron chi connectivity index (χ0n) is 32.1. The highest BCUT2D eigenvalue weighted by atomic mass is 32.2. The monoisotopic (exact) mass is 826 g/mol. The number of nitrogens with zero attached hydrogens (tertiary/aromatic N) is 8. The number of sulfonamides is 1. The summed E-state index contributed by atoms with van der Waals surface area (Å²) < 4.78 is 84.9. The van der Waals surface area contributed by atoms with Gasteiger partial charge in [0.05, 0.1) is 10.5 Å². The van der Waals surface area contributed by atoms with Crippen LogP contribution in [0, 0.1) is 11.7 Å². The van der Waals surface area contributed by atoms with Crippen LogP contribution in [0.4, 0.5) is 39.8 Å². The minimum absolute atomic E-state index is 0.0608. The van der Waals surface area contributed by atoms with Gasteiger partial charge in [0.2, 0.25) is 21.9 Å². The molecule has 310 valence electrons. The number of urea groups is 1. The average molecular weight is 827 g/mol. The van der Waals surface area contributed by atoms with Gasteiger partial charge >= 0.3 is 12.2 Å². The number of amides is 3. The summed E-state index contributed by atoms with van der Waals surface area (Å²) in [5.41, 5.74) is 0.941. The van der Waals surface area contributed by atoms with Crippen LogP contribution in [0.25, 0.3) is 10.9 Å². The molecule has 0 atom stereocenters. The Morgan fingerprint density at radius 2 is 1.60 bits per heavy atom. The number of piperidine rings is 3. The SMILES string of the molecule is Cn1nc(N2CCC(=O)NC2=O)c2ccc(C3CCN(CC4CCN(c5cccc(S(=O)(=O)N6CCC(Nc7ncc(C(F)(F)F)cn7)CC6)c5)CC4)CC3)c(F)c21. The van der Waals surface area contributed by atoms with Crippen molar-refractivity contribution in [2.24, 2.45) is 13.0 Å². The lowest BCUT2D eigenvalue weighted by atomic mass is 9.87. The molecule has 58 heavy (non-hydrogen) atoms. The fourth-order valence-electron chi connectivity index (χ4n) is 8.73. The molecule has 4 saturated heterocycles. The van der Waals surface area contributed by atoms with E-state index >= 15 is 4.39 Å². The lowest BCUT2D eigenvalue weighted by Gasteiger charge is -2.38. The van der Waals surface area contributed by atoms with E-state index < -0.39 is 27.8 Å². The van der Waals surface area contributed by atoms with Crippen molar-refractivity contribution < 1.29 is 35.6 Å². The Balaban J connectivity index is 0.810. The zero-order valence-corrected chi connectivity index (χ0v) is 32.9. The molecule has 19 heteroatoms. The number of aromatic nitrogens is 4. The molecular weight excluding hydrogens is 781 g/mol. The van der Waals surface area contributed by atoms with Crippen LogP contribution in [0.2, 0.25) is 0 Å². The number of imide groups is 1. The van der Waals surface area contributed by atoms with E-state index in [4.69, 9.17) is 0 Å². The number of fused-ring (bicyclic) bond motifs is 1. The minimum atomic E-state index is -4.52. The van der Waals surface area contributed by atoms with Crippen LogP contribution in [0.1, 0.15) is 62.0 Å². The summed E-state index contributed by atoms with van der Waals surface area (Å²) in [5, 5.41) is 10.3. The molecule has 4 aliphatic rings. The van der Waals surface area contributed by atoms with Gasteiger partial charge < -0.3 is 15.1 Å². The Kier molecular flexibility index (Phi) is 11.0. The summed E-state index contributed by atoms with van der Waals surface area (Å²) in [4.78, 5) is 38.0. The van der Waals surface area contributed by atoms with E-state index in [-0.39, 0.29) is 60.6 Å². The van der Waals surface area contributed by atoms with Crippen LogP contribution < -0.4 is 20.4 Å². The predicted molar refractivity (Wildman–Crippen MR) is 208 cm³/mol. The highest BCUT2D eigenvalue weighted by Gasteiger charge is 2.34. The van der Waals surface area contributed by atoms with Crippen LogP contribution in [0.5, 0.6) is 0 Å². The summed E-state index contributed by atoms with van der Waals surface area (Å²) in [6.07, 6.45) is 1.60. The Morgan fingerprint density at radius 1 is 0.897 bits per heavy atom. The van der Waals surface area contributed by atoms with Crippen molar-refractivity contribution in [3.63, 3.8) is 0 Å². The third-order valence-electron chi connectivity index (χ3n) is 12.0. The quantitative estimate of drug-likeness (QED) is 0.212. The molecule has 0 spiro atoms. The number of hydrogen-bond donors (Lipinski definition) is 2. The van der Waals surface area contributed by atoms with Crippen molar-refractivity contribution >= 4 is 50.3 Å². The average Bonchev–Trinajstić information content (AvgIpc) is 3.55. The van der Waals surface area contributed by atoms with Crippen molar-refractivity contribution in [2.75, 3.05) is 67.5 Å². The zero-order chi connectivity index (χ0) is 40.8. The number of anilines is 3. The van der Waals surface area contributed by atoms with Gasteiger partial charge in [-0.25, -0.2) is 27.6 Å². The number of aryl methyl sites for hydroxylation is 1. The molecule has 4 aliphatic heterocycles. The number of hydrogen-bond acceptors (Lipinski definition) is 10. The van der Waals surface area contributed by atoms with Gasteiger partial charge in [-0.1, -0.05) is 12.1 Å². The lowest BCUT2D eigenvalue weighted by Crippen LogP contribution is -2.49. The van der Waals surface area contributed by atoms with Gasteiger partial charge in [0.1, 0.15) is 5.52 Å². The molecule has 0 saturated carbocycles.